The summed E-state index contributed by atoms with van der Waals surface area (Å²) in [5, 5.41) is 11.5. The number of pyridine rings is 1. The Kier molecular flexibility index (Phi) is 6.37. The molecule has 0 saturated carbocycles. The first-order valence-corrected chi connectivity index (χ1v) is 10.7. The van der Waals surface area contributed by atoms with Gasteiger partial charge in [0.2, 0.25) is 5.88 Å². The van der Waals surface area contributed by atoms with E-state index in [9.17, 15) is 9.18 Å². The number of nitrogens with zero attached hydrogens (tertiary/aromatic N) is 4. The smallest absolute Gasteiger partial charge is 0.256 e. The summed E-state index contributed by atoms with van der Waals surface area (Å²) in [6.07, 6.45) is 6.55. The summed E-state index contributed by atoms with van der Waals surface area (Å²) in [5.41, 5.74) is 0.300. The van der Waals surface area contributed by atoms with Crippen molar-refractivity contribution in [3.63, 3.8) is 0 Å². The van der Waals surface area contributed by atoms with Crippen LogP contribution >= 0.6 is 15.9 Å². The molecule has 0 saturated heterocycles. The second kappa shape index (κ2) is 9.34. The number of hydrogen-bond acceptors (Lipinski definition) is 5. The summed E-state index contributed by atoms with van der Waals surface area (Å²) in [6, 6.07) is 7.36. The molecule has 1 aliphatic heterocycles. The van der Waals surface area contributed by atoms with Crippen LogP contribution in [0.15, 0.2) is 41.0 Å². The van der Waals surface area contributed by atoms with Crippen molar-refractivity contribution in [3.8, 4) is 11.6 Å². The van der Waals surface area contributed by atoms with Gasteiger partial charge in [0.15, 0.2) is 0 Å². The van der Waals surface area contributed by atoms with E-state index >= 15 is 0 Å². The number of amides is 1. The van der Waals surface area contributed by atoms with E-state index in [1.807, 2.05) is 0 Å². The summed E-state index contributed by atoms with van der Waals surface area (Å²) < 4.78 is 21.7. The van der Waals surface area contributed by atoms with E-state index in [0.717, 1.165) is 37.5 Å². The van der Waals surface area contributed by atoms with Crippen LogP contribution in [-0.2, 0) is 19.4 Å². The molecule has 0 radical (unpaired) electrons. The molecule has 0 atom stereocenters. The first kappa shape index (κ1) is 20.5. The van der Waals surface area contributed by atoms with Gasteiger partial charge >= 0.3 is 0 Å². The van der Waals surface area contributed by atoms with Gasteiger partial charge in [-0.1, -0.05) is 6.42 Å². The minimum absolute atomic E-state index is 0.152. The molecule has 1 N–H and O–H groups in total. The molecule has 0 fully saturated rings. The largest absolute Gasteiger partial charge is 0.437 e. The van der Waals surface area contributed by atoms with Gasteiger partial charge in [0, 0.05) is 32.1 Å². The molecule has 156 valence electrons. The van der Waals surface area contributed by atoms with Gasteiger partial charge in [-0.2, -0.15) is 0 Å². The molecule has 7 nitrogen and oxygen atoms in total. The van der Waals surface area contributed by atoms with Gasteiger partial charge in [-0.15, -0.1) is 10.2 Å². The zero-order chi connectivity index (χ0) is 20.9. The second-order valence-electron chi connectivity index (χ2n) is 7.03. The van der Waals surface area contributed by atoms with E-state index in [1.54, 1.807) is 12.1 Å². The van der Waals surface area contributed by atoms with Crippen LogP contribution in [-0.4, -0.2) is 32.2 Å². The minimum atomic E-state index is -0.389. The van der Waals surface area contributed by atoms with Crippen LogP contribution < -0.4 is 10.1 Å². The lowest BCUT2D eigenvalue weighted by atomic mass is 10.2. The average molecular weight is 474 g/mol. The Bertz CT molecular complexity index is 1060. The average Bonchev–Trinajstić information content (AvgIpc) is 2.96. The highest BCUT2D eigenvalue weighted by Crippen LogP contribution is 2.30. The molecule has 1 aromatic carbocycles. The Morgan fingerprint density at radius 3 is 3.00 bits per heavy atom. The van der Waals surface area contributed by atoms with Gasteiger partial charge in [0.1, 0.15) is 28.8 Å². The molecule has 0 aliphatic carbocycles. The first-order chi connectivity index (χ1) is 14.6. The fraction of sp³-hybridized carbons (Fsp3) is 0.333. The van der Waals surface area contributed by atoms with Gasteiger partial charge in [0.05, 0.1) is 4.47 Å². The van der Waals surface area contributed by atoms with E-state index in [0.29, 0.717) is 28.8 Å². The van der Waals surface area contributed by atoms with Crippen LogP contribution in [0.3, 0.4) is 0 Å². The molecular weight excluding hydrogens is 453 g/mol. The lowest BCUT2D eigenvalue weighted by molar-refractivity contribution is 0.0951. The third-order valence-electron chi connectivity index (χ3n) is 4.94. The summed E-state index contributed by atoms with van der Waals surface area (Å²) >= 11 is 3.26. The Balaban J connectivity index is 1.41. The lowest BCUT2D eigenvalue weighted by Gasteiger charge is -2.12. The highest BCUT2D eigenvalue weighted by atomic mass is 79.9. The van der Waals surface area contributed by atoms with E-state index < -0.39 is 0 Å². The van der Waals surface area contributed by atoms with Crippen molar-refractivity contribution in [2.24, 2.45) is 0 Å². The van der Waals surface area contributed by atoms with E-state index in [2.05, 4.69) is 41.0 Å². The summed E-state index contributed by atoms with van der Waals surface area (Å²) in [7, 11) is 0. The number of hydrogen-bond donors (Lipinski definition) is 1. The molecular formula is C21H21BrFN5O2. The van der Waals surface area contributed by atoms with Gasteiger partial charge in [-0.05, 0) is 59.1 Å². The Labute approximate surface area is 181 Å². The summed E-state index contributed by atoms with van der Waals surface area (Å²) in [6.45, 7) is 1.35. The number of halogens is 2. The SMILES string of the molecule is O=C(NCCc1nnc2n1CCCCC2)c1cccnc1Oc1ccc(F)cc1Br. The van der Waals surface area contributed by atoms with Crippen LogP contribution in [0.4, 0.5) is 4.39 Å². The molecule has 4 rings (SSSR count). The molecule has 30 heavy (non-hydrogen) atoms. The number of aromatic nitrogens is 4. The molecule has 3 aromatic rings. The standard InChI is InChI=1S/C21H21BrFN5O2/c22-16-13-14(23)7-8-17(16)30-21-15(5-4-10-25-21)20(29)24-11-9-19-27-26-18-6-2-1-3-12-28(18)19/h4-5,7-8,10,13H,1-3,6,9,11-12H2,(H,24,29). The molecule has 0 spiro atoms. The predicted octanol–water partition coefficient (Wildman–Crippen LogP) is 4.07. The second-order valence-corrected chi connectivity index (χ2v) is 7.89. The quantitative estimate of drug-likeness (QED) is 0.583. The van der Waals surface area contributed by atoms with Crippen molar-refractivity contribution in [1.29, 1.82) is 0 Å². The van der Waals surface area contributed by atoms with Crippen molar-refractivity contribution in [2.75, 3.05) is 6.54 Å². The maximum absolute atomic E-state index is 13.3. The van der Waals surface area contributed by atoms with Gasteiger partial charge in [-0.25, -0.2) is 9.37 Å². The topological polar surface area (TPSA) is 81.9 Å². The van der Waals surface area contributed by atoms with Crippen LogP contribution in [0.5, 0.6) is 11.6 Å². The first-order valence-electron chi connectivity index (χ1n) is 9.89. The van der Waals surface area contributed by atoms with Gasteiger partial charge in [0.25, 0.3) is 5.91 Å². The van der Waals surface area contributed by atoms with Crippen molar-refractivity contribution in [2.45, 2.75) is 38.6 Å². The van der Waals surface area contributed by atoms with Crippen molar-refractivity contribution < 1.29 is 13.9 Å². The Hall–Kier alpha value is -2.81. The fourth-order valence-corrected chi connectivity index (χ4v) is 3.85. The fourth-order valence-electron chi connectivity index (χ4n) is 3.42. The molecule has 0 bridgehead atoms. The number of ether oxygens (including phenoxy) is 1. The minimum Gasteiger partial charge on any atom is -0.437 e. The number of fused-ring (bicyclic) bond motifs is 1. The monoisotopic (exact) mass is 473 g/mol. The summed E-state index contributed by atoms with van der Waals surface area (Å²) in [4.78, 5) is 16.9. The Morgan fingerprint density at radius 2 is 2.13 bits per heavy atom. The van der Waals surface area contributed by atoms with Crippen LogP contribution in [0.1, 0.15) is 41.3 Å². The zero-order valence-electron chi connectivity index (χ0n) is 16.3. The number of aryl methyl sites for hydroxylation is 1. The normalized spacial score (nSPS) is 13.4. The molecule has 0 unspecified atom stereocenters. The lowest BCUT2D eigenvalue weighted by Crippen LogP contribution is -2.27. The maximum Gasteiger partial charge on any atom is 0.256 e. The zero-order valence-corrected chi connectivity index (χ0v) is 17.9. The molecule has 2 aromatic heterocycles. The number of benzene rings is 1. The van der Waals surface area contributed by atoms with Crippen LogP contribution in [0, 0.1) is 5.82 Å². The van der Waals surface area contributed by atoms with Gasteiger partial charge in [-0.3, -0.25) is 4.79 Å². The number of carbonyl (C=O) groups is 1. The highest BCUT2D eigenvalue weighted by Gasteiger charge is 2.17. The number of rotatable bonds is 6. The third-order valence-corrected chi connectivity index (χ3v) is 5.56. The number of nitrogens with one attached hydrogen (secondary N) is 1. The van der Waals surface area contributed by atoms with Gasteiger partial charge < -0.3 is 14.6 Å². The van der Waals surface area contributed by atoms with E-state index in [1.165, 1.54) is 30.8 Å². The molecule has 9 heteroatoms. The number of carbonyl (C=O) groups excluding carboxylic acids is 1. The van der Waals surface area contributed by atoms with E-state index in [4.69, 9.17) is 4.74 Å². The molecule has 1 amide bonds. The highest BCUT2D eigenvalue weighted by molar-refractivity contribution is 9.10. The molecule has 3 heterocycles. The van der Waals surface area contributed by atoms with Crippen molar-refractivity contribution in [3.05, 3.63) is 64.0 Å². The van der Waals surface area contributed by atoms with Crippen molar-refractivity contribution >= 4 is 21.8 Å². The van der Waals surface area contributed by atoms with Crippen LogP contribution in [0.25, 0.3) is 0 Å². The van der Waals surface area contributed by atoms with E-state index in [-0.39, 0.29) is 17.6 Å². The Morgan fingerprint density at radius 1 is 1.23 bits per heavy atom. The third kappa shape index (κ3) is 4.67. The van der Waals surface area contributed by atoms with Crippen LogP contribution in [0.2, 0.25) is 0 Å². The summed E-state index contributed by atoms with van der Waals surface area (Å²) in [5.74, 6) is 1.76. The molecule has 1 aliphatic rings. The maximum atomic E-state index is 13.3. The van der Waals surface area contributed by atoms with Crippen molar-refractivity contribution in [1.82, 2.24) is 25.1 Å². The predicted molar refractivity (Wildman–Crippen MR) is 112 cm³/mol.